The van der Waals surface area contributed by atoms with Crippen LogP contribution in [0.5, 0.6) is 11.5 Å². The van der Waals surface area contributed by atoms with Crippen molar-refractivity contribution in [1.29, 1.82) is 0 Å². The van der Waals surface area contributed by atoms with Gasteiger partial charge in [0.2, 0.25) is 5.91 Å². The summed E-state index contributed by atoms with van der Waals surface area (Å²) in [5, 5.41) is 5.97. The summed E-state index contributed by atoms with van der Waals surface area (Å²) in [5.41, 5.74) is 1.57. The Balaban J connectivity index is 1.73. The normalized spacial score (nSPS) is 10.2. The quantitative estimate of drug-likeness (QED) is 0.366. The Bertz CT molecular complexity index is 729. The molecule has 0 heterocycles. The number of nitrogens with one attached hydrogen (secondary N) is 2. The van der Waals surface area contributed by atoms with E-state index in [0.29, 0.717) is 18.0 Å². The molecule has 0 bridgehead atoms. The second-order valence-corrected chi connectivity index (χ2v) is 6.46. The average Bonchev–Trinajstić information content (AvgIpc) is 2.72. The van der Waals surface area contributed by atoms with Crippen LogP contribution in [0.2, 0.25) is 0 Å². The molecular weight excluding hydrogens is 352 g/mol. The SMILES string of the molecule is C=CCOc1cccc(NC(=O)CNc2ccc(OCCCCCC)cc2)c1. The molecule has 5 heteroatoms. The maximum absolute atomic E-state index is 12.2. The number of carbonyl (C=O) groups excluding carboxylic acids is 1. The summed E-state index contributed by atoms with van der Waals surface area (Å²) in [4.78, 5) is 12.2. The summed E-state index contributed by atoms with van der Waals surface area (Å²) in [7, 11) is 0. The van der Waals surface area contributed by atoms with Gasteiger partial charge in [0.1, 0.15) is 18.1 Å². The van der Waals surface area contributed by atoms with Crippen LogP contribution in [0.3, 0.4) is 0 Å². The van der Waals surface area contributed by atoms with E-state index in [2.05, 4.69) is 24.1 Å². The minimum absolute atomic E-state index is 0.128. The zero-order valence-corrected chi connectivity index (χ0v) is 16.6. The van der Waals surface area contributed by atoms with Crippen molar-refractivity contribution in [2.45, 2.75) is 32.6 Å². The van der Waals surface area contributed by atoms with Gasteiger partial charge in [0, 0.05) is 17.4 Å². The number of rotatable bonds is 13. The van der Waals surface area contributed by atoms with Crippen molar-refractivity contribution >= 4 is 17.3 Å². The first kappa shape index (κ1) is 21.4. The fourth-order valence-corrected chi connectivity index (χ4v) is 2.59. The molecule has 0 aliphatic rings. The molecule has 0 atom stereocenters. The second-order valence-electron chi connectivity index (χ2n) is 6.46. The fraction of sp³-hybridized carbons (Fsp3) is 0.348. The van der Waals surface area contributed by atoms with Gasteiger partial charge in [-0.1, -0.05) is 44.9 Å². The van der Waals surface area contributed by atoms with Crippen molar-refractivity contribution in [3.05, 3.63) is 61.2 Å². The van der Waals surface area contributed by atoms with Crippen LogP contribution in [0.4, 0.5) is 11.4 Å². The molecular formula is C23H30N2O3. The van der Waals surface area contributed by atoms with E-state index in [4.69, 9.17) is 9.47 Å². The third kappa shape index (κ3) is 8.16. The summed E-state index contributed by atoms with van der Waals surface area (Å²) in [6, 6.07) is 14.9. The van der Waals surface area contributed by atoms with Crippen molar-refractivity contribution < 1.29 is 14.3 Å². The van der Waals surface area contributed by atoms with Crippen LogP contribution in [-0.2, 0) is 4.79 Å². The molecule has 0 saturated carbocycles. The van der Waals surface area contributed by atoms with Crippen LogP contribution in [0, 0.1) is 0 Å². The third-order valence-electron chi connectivity index (χ3n) is 4.06. The van der Waals surface area contributed by atoms with E-state index >= 15 is 0 Å². The summed E-state index contributed by atoms with van der Waals surface area (Å²) in [5.74, 6) is 1.41. The average molecular weight is 383 g/mol. The van der Waals surface area contributed by atoms with Crippen LogP contribution in [-0.4, -0.2) is 25.7 Å². The molecule has 2 aromatic carbocycles. The van der Waals surface area contributed by atoms with Crippen LogP contribution >= 0.6 is 0 Å². The Kier molecular flexibility index (Phi) is 9.49. The first-order valence-electron chi connectivity index (χ1n) is 9.81. The van der Waals surface area contributed by atoms with Crippen LogP contribution in [0.15, 0.2) is 61.2 Å². The lowest BCUT2D eigenvalue weighted by molar-refractivity contribution is -0.114. The molecule has 0 saturated heterocycles. The second kappa shape index (κ2) is 12.4. The van der Waals surface area contributed by atoms with Gasteiger partial charge in [-0.15, -0.1) is 0 Å². The summed E-state index contributed by atoms with van der Waals surface area (Å²) in [6.07, 6.45) is 6.43. The number of unbranched alkanes of at least 4 members (excludes halogenated alkanes) is 3. The molecule has 0 spiro atoms. The van der Waals surface area contributed by atoms with E-state index in [9.17, 15) is 4.79 Å². The van der Waals surface area contributed by atoms with Crippen molar-refractivity contribution in [2.24, 2.45) is 0 Å². The van der Waals surface area contributed by atoms with Gasteiger partial charge in [-0.25, -0.2) is 0 Å². The Morgan fingerprint density at radius 3 is 2.57 bits per heavy atom. The number of benzene rings is 2. The highest BCUT2D eigenvalue weighted by atomic mass is 16.5. The standard InChI is InChI=1S/C23H30N2O3/c1-3-5-6-7-16-28-21-13-11-19(12-14-21)24-18-23(26)25-20-9-8-10-22(17-20)27-15-4-2/h4,8-14,17,24H,2-3,5-7,15-16,18H2,1H3,(H,25,26). The Morgan fingerprint density at radius 1 is 1.00 bits per heavy atom. The zero-order valence-electron chi connectivity index (χ0n) is 16.6. The highest BCUT2D eigenvalue weighted by Crippen LogP contribution is 2.18. The van der Waals surface area contributed by atoms with E-state index in [1.807, 2.05) is 42.5 Å². The topological polar surface area (TPSA) is 59.6 Å². The molecule has 2 rings (SSSR count). The van der Waals surface area contributed by atoms with Gasteiger partial charge in [0.25, 0.3) is 0 Å². The highest BCUT2D eigenvalue weighted by Gasteiger charge is 2.04. The van der Waals surface area contributed by atoms with E-state index < -0.39 is 0 Å². The number of amides is 1. The summed E-state index contributed by atoms with van der Waals surface area (Å²) in [6.45, 7) is 7.16. The molecule has 2 aromatic rings. The van der Waals surface area contributed by atoms with Crippen LogP contribution in [0.25, 0.3) is 0 Å². The van der Waals surface area contributed by atoms with Gasteiger partial charge >= 0.3 is 0 Å². The van der Waals surface area contributed by atoms with Gasteiger partial charge in [-0.3, -0.25) is 4.79 Å². The zero-order chi connectivity index (χ0) is 20.0. The fourth-order valence-electron chi connectivity index (χ4n) is 2.59. The maximum atomic E-state index is 12.2. The van der Waals surface area contributed by atoms with E-state index in [-0.39, 0.29) is 12.5 Å². The van der Waals surface area contributed by atoms with Crippen molar-refractivity contribution in [1.82, 2.24) is 0 Å². The van der Waals surface area contributed by atoms with Crippen molar-refractivity contribution in [3.8, 4) is 11.5 Å². The molecule has 5 nitrogen and oxygen atoms in total. The van der Waals surface area contributed by atoms with Crippen molar-refractivity contribution in [3.63, 3.8) is 0 Å². The molecule has 0 unspecified atom stereocenters. The molecule has 1 amide bonds. The number of carbonyl (C=O) groups is 1. The predicted molar refractivity (Wildman–Crippen MR) is 115 cm³/mol. The number of hydrogen-bond donors (Lipinski definition) is 2. The predicted octanol–water partition coefficient (Wildman–Crippen LogP) is 5.26. The largest absolute Gasteiger partial charge is 0.494 e. The lowest BCUT2D eigenvalue weighted by Crippen LogP contribution is -2.21. The first-order chi connectivity index (χ1) is 13.7. The monoisotopic (exact) mass is 382 g/mol. The summed E-state index contributed by atoms with van der Waals surface area (Å²) >= 11 is 0. The van der Waals surface area contributed by atoms with Crippen LogP contribution < -0.4 is 20.1 Å². The summed E-state index contributed by atoms with van der Waals surface area (Å²) < 4.78 is 11.2. The molecule has 0 aliphatic carbocycles. The first-order valence-corrected chi connectivity index (χ1v) is 9.81. The number of hydrogen-bond acceptors (Lipinski definition) is 4. The lowest BCUT2D eigenvalue weighted by atomic mass is 10.2. The minimum atomic E-state index is -0.128. The third-order valence-corrected chi connectivity index (χ3v) is 4.06. The van der Waals surface area contributed by atoms with E-state index in [1.54, 1.807) is 12.1 Å². The smallest absolute Gasteiger partial charge is 0.243 e. The molecule has 0 aliphatic heterocycles. The Morgan fingerprint density at radius 2 is 1.82 bits per heavy atom. The molecule has 150 valence electrons. The lowest BCUT2D eigenvalue weighted by Gasteiger charge is -2.10. The minimum Gasteiger partial charge on any atom is -0.494 e. The molecule has 0 aromatic heterocycles. The molecule has 0 radical (unpaired) electrons. The molecule has 0 fully saturated rings. The van der Waals surface area contributed by atoms with Gasteiger partial charge < -0.3 is 20.1 Å². The molecule has 2 N–H and O–H groups in total. The van der Waals surface area contributed by atoms with Gasteiger partial charge in [-0.05, 0) is 42.8 Å². The van der Waals surface area contributed by atoms with E-state index in [0.717, 1.165) is 24.5 Å². The number of anilines is 2. The van der Waals surface area contributed by atoms with Gasteiger partial charge in [-0.2, -0.15) is 0 Å². The van der Waals surface area contributed by atoms with E-state index in [1.165, 1.54) is 19.3 Å². The Hall–Kier alpha value is -2.95. The van der Waals surface area contributed by atoms with Gasteiger partial charge in [0.05, 0.1) is 13.2 Å². The maximum Gasteiger partial charge on any atom is 0.243 e. The van der Waals surface area contributed by atoms with Crippen molar-refractivity contribution in [2.75, 3.05) is 30.4 Å². The van der Waals surface area contributed by atoms with Crippen LogP contribution in [0.1, 0.15) is 32.6 Å². The Labute approximate surface area is 167 Å². The highest BCUT2D eigenvalue weighted by molar-refractivity contribution is 5.93. The number of ether oxygens (including phenoxy) is 2. The molecule has 28 heavy (non-hydrogen) atoms. The van der Waals surface area contributed by atoms with Gasteiger partial charge in [0.15, 0.2) is 0 Å².